The number of hydroxylamine groups is 1. The van der Waals surface area contributed by atoms with E-state index >= 15 is 0 Å². The molecule has 1 aromatic rings. The first-order valence-corrected chi connectivity index (χ1v) is 22.6. The average molecular weight is 821 g/mol. The number of piperidine rings is 1. The number of nitrogens with zero attached hydrogens (tertiary/aromatic N) is 3. The van der Waals surface area contributed by atoms with Gasteiger partial charge in [-0.05, 0) is 138 Å². The van der Waals surface area contributed by atoms with Crippen molar-refractivity contribution in [2.24, 2.45) is 17.3 Å². The lowest BCUT2D eigenvalue weighted by Crippen LogP contribution is -2.47. The van der Waals surface area contributed by atoms with Crippen LogP contribution in [0, 0.1) is 17.3 Å². The van der Waals surface area contributed by atoms with Gasteiger partial charge in [0.05, 0.1) is 30.1 Å². The smallest absolute Gasteiger partial charge is 0.410 e. The monoisotopic (exact) mass is 821 g/mol. The van der Waals surface area contributed by atoms with Gasteiger partial charge in [0.15, 0.2) is 0 Å². The number of likely N-dealkylation sites (tertiary alicyclic amines) is 1. The summed E-state index contributed by atoms with van der Waals surface area (Å²) in [6.45, 7) is 19.9. The fourth-order valence-electron chi connectivity index (χ4n) is 9.21. The first-order chi connectivity index (χ1) is 27.0. The number of aldehydes is 1. The second-order valence-corrected chi connectivity index (χ2v) is 20.4. The van der Waals surface area contributed by atoms with E-state index in [1.807, 2.05) is 36.8 Å². The molecular formula is C43H72B3N4O5PS. The van der Waals surface area contributed by atoms with Crippen molar-refractivity contribution in [1.82, 2.24) is 19.4 Å². The normalized spacial score (nSPS) is 25.2. The van der Waals surface area contributed by atoms with Gasteiger partial charge in [-0.3, -0.25) is 0 Å². The molecule has 2 saturated carbocycles. The van der Waals surface area contributed by atoms with Gasteiger partial charge in [0.25, 0.3) is 0 Å². The highest BCUT2D eigenvalue weighted by Gasteiger charge is 2.54. The van der Waals surface area contributed by atoms with E-state index in [0.29, 0.717) is 49.2 Å². The number of likely N-dealkylation sites (N-methyl/N-ethyl adjacent to an activating group) is 1. The quantitative estimate of drug-likeness (QED) is 0.0325. The Bertz CT molecular complexity index is 1400. The van der Waals surface area contributed by atoms with Gasteiger partial charge < -0.3 is 29.3 Å². The van der Waals surface area contributed by atoms with Gasteiger partial charge in [-0.2, -0.15) is 0 Å². The van der Waals surface area contributed by atoms with E-state index in [9.17, 15) is 14.8 Å². The lowest BCUT2D eigenvalue weighted by atomic mass is 9.43. The standard InChI is InChI=1S/C29H43N3O5.C11H23B3NPS.C3H6/c1-29-12-9-24-23-6-4-22(19-20(23)3-5-25(24)26(29)7-8-27(29)30-35)37-28(34)32-13-10-21(11-14-32)31(2)15-17-36-18-16-33;1-5-10(3,4)17-15(16)8-6-7-11(13,14)9(2)12;1-3-2/h4,6,16,19,21,24-27,30,35H,3,5,7-15,17-18H2,1-2H3;9H,5-8,16H2,1-4H3;3H,1H2,2H3. The maximum Gasteiger partial charge on any atom is 0.415 e. The molecule has 314 valence electrons. The molecule has 0 bridgehead atoms. The number of hydrogen-bond acceptors (Lipinski definition) is 9. The lowest BCUT2D eigenvalue weighted by Gasteiger charge is -2.50. The number of fused-ring (bicyclic) bond motifs is 5. The van der Waals surface area contributed by atoms with Crippen LogP contribution in [0.2, 0.25) is 11.0 Å². The van der Waals surface area contributed by atoms with Crippen molar-refractivity contribution in [2.75, 3.05) is 46.4 Å². The fraction of sp³-hybridized carbons (Fsp3) is 0.767. The highest BCUT2D eigenvalue weighted by atomic mass is 32.2. The van der Waals surface area contributed by atoms with Crippen LogP contribution in [-0.4, -0.2) is 118 Å². The molecule has 7 atom stereocenters. The Morgan fingerprint density at radius 1 is 1.19 bits per heavy atom. The second-order valence-electron chi connectivity index (χ2n) is 17.6. The largest absolute Gasteiger partial charge is 0.415 e. The molecule has 3 fully saturated rings. The molecule has 5 rings (SSSR count). The fourth-order valence-corrected chi connectivity index (χ4v) is 11.2. The minimum atomic E-state index is -0.754. The van der Waals surface area contributed by atoms with Crippen LogP contribution in [0.1, 0.15) is 123 Å². The molecule has 0 spiro atoms. The number of carbonyl (C=O) groups excluding carboxylic acids is 2. The number of rotatable bonds is 16. The van der Waals surface area contributed by atoms with Crippen molar-refractivity contribution in [1.29, 1.82) is 0 Å². The number of ether oxygens (including phenoxy) is 2. The summed E-state index contributed by atoms with van der Waals surface area (Å²) in [5, 5.41) is 8.94. The first kappa shape index (κ1) is 50.0. The molecule has 57 heavy (non-hydrogen) atoms. The molecule has 2 N–H and O–H groups in total. The zero-order valence-electron chi connectivity index (χ0n) is 36.2. The third-order valence-corrected chi connectivity index (χ3v) is 15.0. The Balaban J connectivity index is 0.000000367. The average Bonchev–Trinajstić information content (AvgIpc) is 3.52. The van der Waals surface area contributed by atoms with E-state index in [1.54, 1.807) is 6.08 Å². The maximum atomic E-state index is 12.9. The minimum Gasteiger partial charge on any atom is -0.410 e. The van der Waals surface area contributed by atoms with Crippen LogP contribution in [0.15, 0.2) is 30.9 Å². The SMILES string of the molecule is C=CC.CN(CCOCC=O)C1CCN(C(=O)Oc2ccc3c(c2)CCC2C3CCC3(C)C(NO)CCC23)CC1.[B]C(C)C([B])([B])CCCN(P)SC(C)(C)CC. The van der Waals surface area contributed by atoms with Gasteiger partial charge in [-0.15, -0.1) is 11.8 Å². The van der Waals surface area contributed by atoms with E-state index < -0.39 is 5.21 Å². The number of amides is 1. The molecule has 0 aromatic heterocycles. The summed E-state index contributed by atoms with van der Waals surface area (Å²) in [5.74, 6) is 2.38. The van der Waals surface area contributed by atoms with Gasteiger partial charge in [-0.1, -0.05) is 66.5 Å². The molecule has 1 saturated heterocycles. The number of nitrogens with one attached hydrogen (secondary N) is 1. The van der Waals surface area contributed by atoms with Crippen LogP contribution in [0.3, 0.4) is 0 Å². The van der Waals surface area contributed by atoms with Crippen LogP contribution >= 0.6 is 21.3 Å². The van der Waals surface area contributed by atoms with Crippen LogP contribution in [0.5, 0.6) is 5.75 Å². The van der Waals surface area contributed by atoms with Crippen LogP contribution in [0.25, 0.3) is 0 Å². The predicted molar refractivity (Wildman–Crippen MR) is 243 cm³/mol. The Morgan fingerprint density at radius 2 is 1.88 bits per heavy atom. The van der Waals surface area contributed by atoms with Gasteiger partial charge in [0, 0.05) is 43.0 Å². The molecule has 1 aliphatic heterocycles. The first-order valence-electron chi connectivity index (χ1n) is 21.3. The Morgan fingerprint density at radius 3 is 2.49 bits per heavy atom. The highest BCUT2D eigenvalue weighted by molar-refractivity contribution is 8.00. The van der Waals surface area contributed by atoms with E-state index in [0.717, 1.165) is 77.2 Å². The van der Waals surface area contributed by atoms with Gasteiger partial charge in [0.2, 0.25) is 0 Å². The molecule has 3 aliphatic carbocycles. The van der Waals surface area contributed by atoms with E-state index in [1.165, 1.54) is 24.0 Å². The lowest BCUT2D eigenvalue weighted by molar-refractivity contribution is -0.112. The van der Waals surface area contributed by atoms with Gasteiger partial charge in [0.1, 0.15) is 18.6 Å². The van der Waals surface area contributed by atoms with Crippen molar-refractivity contribution >= 4 is 57.3 Å². The van der Waals surface area contributed by atoms with Crippen LogP contribution in [0.4, 0.5) is 4.79 Å². The van der Waals surface area contributed by atoms with Crippen molar-refractivity contribution in [3.05, 3.63) is 42.0 Å². The molecule has 14 heteroatoms. The Labute approximate surface area is 356 Å². The number of benzene rings is 1. The number of carbonyl (C=O) groups is 2. The van der Waals surface area contributed by atoms with Crippen molar-refractivity contribution in [3.8, 4) is 5.75 Å². The van der Waals surface area contributed by atoms with Gasteiger partial charge in [-0.25, -0.2) is 14.4 Å². The number of hydrogen-bond donors (Lipinski definition) is 2. The predicted octanol–water partition coefficient (Wildman–Crippen LogP) is 8.32. The zero-order valence-corrected chi connectivity index (χ0v) is 38.2. The molecular weight excluding hydrogens is 748 g/mol. The summed E-state index contributed by atoms with van der Waals surface area (Å²) in [4.78, 5) is 27.4. The maximum absolute atomic E-state index is 12.9. The molecule has 4 aliphatic rings. The van der Waals surface area contributed by atoms with Crippen molar-refractivity contribution in [2.45, 2.75) is 146 Å². The summed E-state index contributed by atoms with van der Waals surface area (Å²) < 4.78 is 13.6. The number of aryl methyl sites for hydroxylation is 1. The van der Waals surface area contributed by atoms with E-state index in [4.69, 9.17) is 33.0 Å². The van der Waals surface area contributed by atoms with Crippen molar-refractivity contribution < 1.29 is 24.3 Å². The summed E-state index contributed by atoms with van der Waals surface area (Å²) in [6, 6.07) is 6.92. The molecule has 1 heterocycles. The third kappa shape index (κ3) is 14.4. The van der Waals surface area contributed by atoms with Crippen LogP contribution < -0.4 is 10.2 Å². The molecule has 6 radical (unpaired) electrons. The third-order valence-electron chi connectivity index (χ3n) is 13.2. The topological polar surface area (TPSA) is 94.6 Å². The summed E-state index contributed by atoms with van der Waals surface area (Å²) in [6.07, 6.45) is 13.7. The van der Waals surface area contributed by atoms with Crippen molar-refractivity contribution in [3.63, 3.8) is 0 Å². The molecule has 1 amide bonds. The van der Waals surface area contributed by atoms with E-state index in [-0.39, 0.29) is 34.7 Å². The molecule has 7 unspecified atom stereocenters. The summed E-state index contributed by atoms with van der Waals surface area (Å²) >= 11 is 1.84. The Kier molecular flexibility index (Phi) is 20.7. The summed E-state index contributed by atoms with van der Waals surface area (Å²) in [5.41, 5.74) is 5.59. The Hall–Kier alpha value is -1.33. The number of allylic oxidation sites excluding steroid dienone is 1. The molecule has 1 aromatic carbocycles. The van der Waals surface area contributed by atoms with Crippen LogP contribution in [-0.2, 0) is 16.0 Å². The molecule has 9 nitrogen and oxygen atoms in total. The second kappa shape index (κ2) is 23.6. The highest BCUT2D eigenvalue weighted by Crippen LogP contribution is 2.61. The minimum absolute atomic E-state index is 0.144. The summed E-state index contributed by atoms with van der Waals surface area (Å²) in [7, 11) is 22.4. The van der Waals surface area contributed by atoms with E-state index in [2.05, 4.69) is 77.3 Å². The van der Waals surface area contributed by atoms with Gasteiger partial charge >= 0.3 is 6.09 Å². The zero-order chi connectivity index (χ0) is 42.4.